The molecule has 0 saturated carbocycles. The highest BCUT2D eigenvalue weighted by molar-refractivity contribution is 6.29. The number of aromatic nitrogens is 3. The first-order valence-electron chi connectivity index (χ1n) is 9.13. The van der Waals surface area contributed by atoms with Crippen LogP contribution in [0.2, 0.25) is 5.15 Å². The van der Waals surface area contributed by atoms with Gasteiger partial charge in [-0.05, 0) is 31.2 Å². The molecule has 7 nitrogen and oxygen atoms in total. The lowest BCUT2D eigenvalue weighted by Crippen LogP contribution is -2.31. The molecule has 0 aliphatic rings. The number of fused-ring (bicyclic) bond motifs is 1. The van der Waals surface area contributed by atoms with Crippen molar-refractivity contribution in [3.63, 3.8) is 0 Å². The molecule has 3 rings (SSSR count). The van der Waals surface area contributed by atoms with Crippen molar-refractivity contribution in [2.24, 2.45) is 0 Å². The van der Waals surface area contributed by atoms with Gasteiger partial charge in [0.25, 0.3) is 5.56 Å². The van der Waals surface area contributed by atoms with Crippen LogP contribution in [0, 0.1) is 0 Å². The quantitative estimate of drug-likeness (QED) is 0.596. The smallest absolute Gasteiger partial charge is 0.295 e. The Balaban J connectivity index is 2.18. The molecule has 0 spiro atoms. The van der Waals surface area contributed by atoms with Crippen LogP contribution in [0.3, 0.4) is 0 Å². The van der Waals surface area contributed by atoms with Gasteiger partial charge in [-0.2, -0.15) is 0 Å². The molecular weight excluding hydrogens is 378 g/mol. The predicted molar refractivity (Wildman–Crippen MR) is 111 cm³/mol. The van der Waals surface area contributed by atoms with Crippen molar-refractivity contribution in [1.29, 1.82) is 0 Å². The zero-order chi connectivity index (χ0) is 20.1. The lowest BCUT2D eigenvalue weighted by Gasteiger charge is -2.21. The highest BCUT2D eigenvalue weighted by Gasteiger charge is 2.21. The van der Waals surface area contributed by atoms with Crippen molar-refractivity contribution in [2.45, 2.75) is 25.8 Å². The molecule has 1 amide bonds. The Kier molecular flexibility index (Phi) is 6.38. The van der Waals surface area contributed by atoms with E-state index in [1.54, 1.807) is 23.7 Å². The number of hydrogen-bond donors (Lipinski definition) is 2. The van der Waals surface area contributed by atoms with Crippen molar-refractivity contribution in [2.75, 3.05) is 18.9 Å². The third-order valence-electron chi connectivity index (χ3n) is 4.44. The average molecular weight is 400 g/mol. The standard InChI is InChI=1S/C20H22ClN5O2/c1-3-15(13-7-5-4-6-8-13)26-19-14(9-10-16(21)24-19)23-18(20(26)28)25-17(27)11-12-22-2/h4-10,15,22H,3,11-12H2,1-2H3,(H,23,25,27)/t15-/m0/s1. The lowest BCUT2D eigenvalue weighted by atomic mass is 10.0. The Morgan fingerprint density at radius 3 is 2.61 bits per heavy atom. The van der Waals surface area contributed by atoms with E-state index in [0.717, 1.165) is 5.56 Å². The molecule has 0 radical (unpaired) electrons. The summed E-state index contributed by atoms with van der Waals surface area (Å²) in [5.74, 6) is -0.286. The molecule has 2 N–H and O–H groups in total. The van der Waals surface area contributed by atoms with E-state index in [1.165, 1.54) is 0 Å². The normalized spacial score (nSPS) is 12.1. The molecule has 2 heterocycles. The van der Waals surface area contributed by atoms with Crippen LogP contribution in [-0.4, -0.2) is 34.0 Å². The van der Waals surface area contributed by atoms with Crippen LogP contribution in [-0.2, 0) is 4.79 Å². The largest absolute Gasteiger partial charge is 0.319 e. The van der Waals surface area contributed by atoms with Crippen LogP contribution in [0.1, 0.15) is 31.4 Å². The summed E-state index contributed by atoms with van der Waals surface area (Å²) in [6.07, 6.45) is 0.898. The molecule has 146 valence electrons. The van der Waals surface area contributed by atoms with Crippen LogP contribution in [0.25, 0.3) is 11.2 Å². The summed E-state index contributed by atoms with van der Waals surface area (Å²) >= 11 is 6.09. The first-order valence-corrected chi connectivity index (χ1v) is 9.51. The number of nitrogens with one attached hydrogen (secondary N) is 2. The second-order valence-electron chi connectivity index (χ2n) is 6.35. The maximum absolute atomic E-state index is 13.3. The van der Waals surface area contributed by atoms with Crippen molar-refractivity contribution >= 4 is 34.5 Å². The number of carbonyl (C=O) groups excluding carboxylic acids is 1. The summed E-state index contributed by atoms with van der Waals surface area (Å²) in [5, 5.41) is 5.82. The van der Waals surface area contributed by atoms with E-state index in [-0.39, 0.29) is 29.3 Å². The van der Waals surface area contributed by atoms with Gasteiger partial charge in [-0.1, -0.05) is 48.9 Å². The molecule has 2 aromatic heterocycles. The monoisotopic (exact) mass is 399 g/mol. The fourth-order valence-electron chi connectivity index (χ4n) is 3.11. The number of carbonyl (C=O) groups is 1. The van der Waals surface area contributed by atoms with Crippen LogP contribution < -0.4 is 16.2 Å². The Bertz CT molecular complexity index is 1040. The molecule has 8 heteroatoms. The first-order chi connectivity index (χ1) is 13.5. The topological polar surface area (TPSA) is 88.9 Å². The van der Waals surface area contributed by atoms with Gasteiger partial charge in [0.1, 0.15) is 10.7 Å². The predicted octanol–water partition coefficient (Wildman–Crippen LogP) is 2.99. The van der Waals surface area contributed by atoms with Crippen molar-refractivity contribution in [1.82, 2.24) is 19.9 Å². The molecule has 1 aromatic carbocycles. The maximum atomic E-state index is 13.3. The third kappa shape index (κ3) is 4.21. The van der Waals surface area contributed by atoms with E-state index >= 15 is 0 Å². The summed E-state index contributed by atoms with van der Waals surface area (Å²) in [4.78, 5) is 34.1. The minimum Gasteiger partial charge on any atom is -0.319 e. The van der Waals surface area contributed by atoms with E-state index in [0.29, 0.717) is 24.1 Å². The van der Waals surface area contributed by atoms with Crippen LogP contribution in [0.15, 0.2) is 47.3 Å². The summed E-state index contributed by atoms with van der Waals surface area (Å²) in [5.41, 5.74) is 1.44. The Morgan fingerprint density at radius 2 is 1.93 bits per heavy atom. The van der Waals surface area contributed by atoms with Crippen LogP contribution in [0.5, 0.6) is 0 Å². The zero-order valence-corrected chi connectivity index (χ0v) is 16.5. The highest BCUT2D eigenvalue weighted by atomic mass is 35.5. The minimum atomic E-state index is -0.407. The van der Waals surface area contributed by atoms with Gasteiger partial charge < -0.3 is 10.6 Å². The molecule has 0 saturated heterocycles. The van der Waals surface area contributed by atoms with E-state index in [2.05, 4.69) is 20.6 Å². The molecule has 28 heavy (non-hydrogen) atoms. The van der Waals surface area contributed by atoms with E-state index in [4.69, 9.17) is 11.6 Å². The van der Waals surface area contributed by atoms with Crippen LogP contribution in [0.4, 0.5) is 5.82 Å². The van der Waals surface area contributed by atoms with Gasteiger partial charge in [-0.25, -0.2) is 9.97 Å². The minimum absolute atomic E-state index is 0.00731. The van der Waals surface area contributed by atoms with Gasteiger partial charge in [0, 0.05) is 13.0 Å². The first kappa shape index (κ1) is 20.0. The molecule has 0 fully saturated rings. The maximum Gasteiger partial charge on any atom is 0.295 e. The molecule has 0 aliphatic heterocycles. The second-order valence-corrected chi connectivity index (χ2v) is 6.74. The van der Waals surface area contributed by atoms with Gasteiger partial charge in [0.2, 0.25) is 5.91 Å². The fraction of sp³-hybridized carbons (Fsp3) is 0.300. The summed E-state index contributed by atoms with van der Waals surface area (Å²) in [7, 11) is 1.76. The summed E-state index contributed by atoms with van der Waals surface area (Å²) < 4.78 is 1.57. The van der Waals surface area contributed by atoms with Crippen molar-refractivity contribution < 1.29 is 4.79 Å². The summed E-state index contributed by atoms with van der Waals surface area (Å²) in [6, 6.07) is 12.7. The van der Waals surface area contributed by atoms with E-state index in [9.17, 15) is 9.59 Å². The van der Waals surface area contributed by atoms with Gasteiger partial charge in [-0.3, -0.25) is 14.2 Å². The van der Waals surface area contributed by atoms with Gasteiger partial charge in [0.05, 0.1) is 6.04 Å². The van der Waals surface area contributed by atoms with E-state index < -0.39 is 5.56 Å². The Labute approximate surface area is 167 Å². The third-order valence-corrected chi connectivity index (χ3v) is 4.66. The number of nitrogens with zero attached hydrogens (tertiary/aromatic N) is 3. The Morgan fingerprint density at radius 1 is 1.18 bits per heavy atom. The number of anilines is 1. The van der Waals surface area contributed by atoms with Crippen molar-refractivity contribution in [3.8, 4) is 0 Å². The number of rotatable bonds is 7. The van der Waals surface area contributed by atoms with Gasteiger partial charge in [-0.15, -0.1) is 0 Å². The molecule has 0 bridgehead atoms. The fourth-order valence-corrected chi connectivity index (χ4v) is 3.25. The molecule has 1 atom stereocenters. The number of halogens is 1. The zero-order valence-electron chi connectivity index (χ0n) is 15.8. The lowest BCUT2D eigenvalue weighted by molar-refractivity contribution is -0.116. The van der Waals surface area contributed by atoms with Gasteiger partial charge >= 0.3 is 0 Å². The molecule has 0 unspecified atom stereocenters. The van der Waals surface area contributed by atoms with Crippen LogP contribution >= 0.6 is 11.6 Å². The number of hydrogen-bond acceptors (Lipinski definition) is 5. The van der Waals surface area contributed by atoms with E-state index in [1.807, 2.05) is 37.3 Å². The Hall–Kier alpha value is -2.77. The second kappa shape index (κ2) is 8.95. The molecule has 3 aromatic rings. The number of benzene rings is 1. The molecule has 0 aliphatic carbocycles. The SMILES string of the molecule is CC[C@@H](c1ccccc1)n1c(=O)c(NC(=O)CCNC)nc2ccc(Cl)nc21. The van der Waals surface area contributed by atoms with Gasteiger partial charge in [0.15, 0.2) is 11.5 Å². The highest BCUT2D eigenvalue weighted by Crippen LogP contribution is 2.25. The van der Waals surface area contributed by atoms with Crippen molar-refractivity contribution in [3.05, 3.63) is 63.5 Å². The number of amides is 1. The summed E-state index contributed by atoms with van der Waals surface area (Å²) in [6.45, 7) is 2.50. The number of pyridine rings is 1. The average Bonchev–Trinajstić information content (AvgIpc) is 2.70. The molecular formula is C20H22ClN5O2.